The monoisotopic (exact) mass is 469 g/mol. The molecule has 0 saturated heterocycles. The Kier molecular flexibility index (Phi) is 8.33. The summed E-state index contributed by atoms with van der Waals surface area (Å²) < 4.78 is 27.8. The summed E-state index contributed by atoms with van der Waals surface area (Å²) in [5.41, 5.74) is 1.07. The lowest BCUT2D eigenvalue weighted by molar-refractivity contribution is -0.123. The van der Waals surface area contributed by atoms with Crippen LogP contribution in [0.5, 0.6) is 28.7 Å². The lowest BCUT2D eigenvalue weighted by Gasteiger charge is -2.12. The SMILES string of the molecule is COc1cc(OC)cc(OCC(=O)NCCn2nc(-c3ccc(OC)c(OC)c3)ccc2=O)c1. The summed E-state index contributed by atoms with van der Waals surface area (Å²) in [6.07, 6.45) is 0. The molecule has 0 atom stereocenters. The molecule has 0 unspecified atom stereocenters. The molecule has 2 aromatic carbocycles. The van der Waals surface area contributed by atoms with Gasteiger partial charge in [-0.15, -0.1) is 0 Å². The van der Waals surface area contributed by atoms with Crippen molar-refractivity contribution in [2.45, 2.75) is 6.54 Å². The fourth-order valence-corrected chi connectivity index (χ4v) is 3.12. The normalized spacial score (nSPS) is 10.4. The molecule has 34 heavy (non-hydrogen) atoms. The molecule has 10 nitrogen and oxygen atoms in total. The van der Waals surface area contributed by atoms with E-state index in [0.717, 1.165) is 5.56 Å². The molecule has 3 aromatic rings. The van der Waals surface area contributed by atoms with Gasteiger partial charge in [0.25, 0.3) is 11.5 Å². The molecule has 3 rings (SSSR count). The standard InChI is InChI=1S/C24H27N3O7/c1-30-17-12-18(31-2)14-19(13-17)34-15-23(28)25-9-10-27-24(29)8-6-20(26-27)16-5-7-21(32-3)22(11-16)33-4/h5-8,11-14H,9-10,15H2,1-4H3,(H,25,28). The molecule has 180 valence electrons. The highest BCUT2D eigenvalue weighted by molar-refractivity contribution is 5.77. The number of ether oxygens (including phenoxy) is 5. The number of carbonyl (C=O) groups is 1. The molecule has 1 N–H and O–H groups in total. The Labute approximate surface area is 197 Å². The molecule has 10 heteroatoms. The smallest absolute Gasteiger partial charge is 0.266 e. The van der Waals surface area contributed by atoms with Gasteiger partial charge in [0.05, 0.1) is 40.7 Å². The van der Waals surface area contributed by atoms with Gasteiger partial charge in [-0.1, -0.05) is 0 Å². The van der Waals surface area contributed by atoms with E-state index in [9.17, 15) is 9.59 Å². The van der Waals surface area contributed by atoms with Crippen LogP contribution in [0.1, 0.15) is 0 Å². The van der Waals surface area contributed by atoms with Crippen molar-refractivity contribution in [2.75, 3.05) is 41.6 Å². The first kappa shape index (κ1) is 24.4. The Hall–Kier alpha value is -4.21. The molecular formula is C24H27N3O7. The molecule has 1 amide bonds. The fraction of sp³-hybridized carbons (Fsp3) is 0.292. The summed E-state index contributed by atoms with van der Waals surface area (Å²) >= 11 is 0. The Morgan fingerprint density at radius 1 is 0.853 bits per heavy atom. The summed E-state index contributed by atoms with van der Waals surface area (Å²) in [6.45, 7) is 0.189. The Balaban J connectivity index is 1.59. The van der Waals surface area contributed by atoms with E-state index in [2.05, 4.69) is 10.4 Å². The molecule has 1 heterocycles. The highest BCUT2D eigenvalue weighted by Crippen LogP contribution is 2.31. The zero-order chi connectivity index (χ0) is 24.5. The fourth-order valence-electron chi connectivity index (χ4n) is 3.12. The van der Waals surface area contributed by atoms with E-state index in [1.807, 2.05) is 6.07 Å². The van der Waals surface area contributed by atoms with Crippen molar-refractivity contribution in [3.63, 3.8) is 0 Å². The minimum atomic E-state index is -0.342. The van der Waals surface area contributed by atoms with Gasteiger partial charge in [-0.05, 0) is 24.3 Å². The van der Waals surface area contributed by atoms with Crippen LogP contribution in [0.25, 0.3) is 11.3 Å². The first-order valence-electron chi connectivity index (χ1n) is 10.4. The molecule has 0 bridgehead atoms. The van der Waals surface area contributed by atoms with Crippen molar-refractivity contribution >= 4 is 5.91 Å². The second-order valence-electron chi connectivity index (χ2n) is 7.04. The molecule has 0 aliphatic heterocycles. The third-order valence-electron chi connectivity index (χ3n) is 4.89. The predicted molar refractivity (Wildman–Crippen MR) is 125 cm³/mol. The van der Waals surface area contributed by atoms with Crippen molar-refractivity contribution in [1.82, 2.24) is 15.1 Å². The van der Waals surface area contributed by atoms with Gasteiger partial charge in [-0.2, -0.15) is 5.10 Å². The Bertz CT molecular complexity index is 1170. The molecular weight excluding hydrogens is 442 g/mol. The minimum Gasteiger partial charge on any atom is -0.496 e. The number of rotatable bonds is 11. The molecule has 1 aromatic heterocycles. The van der Waals surface area contributed by atoms with Crippen LogP contribution in [0, 0.1) is 0 Å². The van der Waals surface area contributed by atoms with E-state index in [1.165, 1.54) is 25.0 Å². The molecule has 0 saturated carbocycles. The van der Waals surface area contributed by atoms with Crippen LogP contribution in [0.15, 0.2) is 53.3 Å². The van der Waals surface area contributed by atoms with Crippen LogP contribution in [0.2, 0.25) is 0 Å². The maximum absolute atomic E-state index is 12.2. The number of hydrogen-bond donors (Lipinski definition) is 1. The summed E-state index contributed by atoms with van der Waals surface area (Å²) in [5, 5.41) is 7.12. The minimum absolute atomic E-state index is 0.193. The summed E-state index contributed by atoms with van der Waals surface area (Å²) in [4.78, 5) is 24.4. The van der Waals surface area contributed by atoms with E-state index >= 15 is 0 Å². The zero-order valence-electron chi connectivity index (χ0n) is 19.5. The first-order valence-corrected chi connectivity index (χ1v) is 10.4. The average molecular weight is 469 g/mol. The van der Waals surface area contributed by atoms with Crippen LogP contribution in [-0.4, -0.2) is 57.3 Å². The van der Waals surface area contributed by atoms with Crippen molar-refractivity contribution in [2.24, 2.45) is 0 Å². The van der Waals surface area contributed by atoms with E-state index in [-0.39, 0.29) is 31.2 Å². The molecule has 0 spiro atoms. The maximum atomic E-state index is 12.2. The second-order valence-corrected chi connectivity index (χ2v) is 7.04. The van der Waals surface area contributed by atoms with E-state index in [0.29, 0.717) is 34.4 Å². The summed E-state index contributed by atoms with van der Waals surface area (Å²) in [7, 11) is 6.17. The van der Waals surface area contributed by atoms with Gasteiger partial charge in [-0.3, -0.25) is 9.59 Å². The van der Waals surface area contributed by atoms with Crippen molar-refractivity contribution in [3.05, 3.63) is 58.9 Å². The predicted octanol–water partition coefficient (Wildman–Crippen LogP) is 2.14. The van der Waals surface area contributed by atoms with Crippen LogP contribution < -0.4 is 34.6 Å². The second kappa shape index (κ2) is 11.6. The highest BCUT2D eigenvalue weighted by atomic mass is 16.5. The lowest BCUT2D eigenvalue weighted by Crippen LogP contribution is -2.34. The molecule has 0 aliphatic carbocycles. The lowest BCUT2D eigenvalue weighted by atomic mass is 10.1. The largest absolute Gasteiger partial charge is 0.496 e. The van der Waals surface area contributed by atoms with E-state index < -0.39 is 0 Å². The van der Waals surface area contributed by atoms with Gasteiger partial charge in [0.2, 0.25) is 0 Å². The maximum Gasteiger partial charge on any atom is 0.266 e. The number of hydrogen-bond acceptors (Lipinski definition) is 8. The van der Waals surface area contributed by atoms with Crippen molar-refractivity contribution < 1.29 is 28.5 Å². The van der Waals surface area contributed by atoms with Crippen LogP contribution in [0.4, 0.5) is 0 Å². The molecule has 0 radical (unpaired) electrons. The van der Waals surface area contributed by atoms with Crippen LogP contribution in [0.3, 0.4) is 0 Å². The van der Waals surface area contributed by atoms with Gasteiger partial charge in [0.15, 0.2) is 18.1 Å². The van der Waals surface area contributed by atoms with Gasteiger partial charge < -0.3 is 29.0 Å². The molecule has 0 fully saturated rings. The summed E-state index contributed by atoms with van der Waals surface area (Å²) in [5.74, 6) is 2.35. The van der Waals surface area contributed by atoms with Crippen molar-refractivity contribution in [3.8, 4) is 40.0 Å². The third-order valence-corrected chi connectivity index (χ3v) is 4.89. The van der Waals surface area contributed by atoms with Crippen molar-refractivity contribution in [1.29, 1.82) is 0 Å². The molecule has 0 aliphatic rings. The topological polar surface area (TPSA) is 110 Å². The number of benzene rings is 2. The van der Waals surface area contributed by atoms with E-state index in [1.54, 1.807) is 50.6 Å². The van der Waals surface area contributed by atoms with Crippen LogP contribution in [-0.2, 0) is 11.3 Å². The zero-order valence-corrected chi connectivity index (χ0v) is 19.5. The highest BCUT2D eigenvalue weighted by Gasteiger charge is 2.10. The summed E-state index contributed by atoms with van der Waals surface area (Å²) in [6, 6.07) is 13.4. The number of nitrogens with zero attached hydrogens (tertiary/aromatic N) is 2. The van der Waals surface area contributed by atoms with E-state index in [4.69, 9.17) is 23.7 Å². The van der Waals surface area contributed by atoms with Crippen LogP contribution >= 0.6 is 0 Å². The Morgan fingerprint density at radius 2 is 1.53 bits per heavy atom. The Morgan fingerprint density at radius 3 is 2.18 bits per heavy atom. The van der Waals surface area contributed by atoms with Gasteiger partial charge in [0.1, 0.15) is 17.2 Å². The average Bonchev–Trinajstić information content (AvgIpc) is 2.87. The van der Waals surface area contributed by atoms with Gasteiger partial charge in [-0.25, -0.2) is 4.68 Å². The number of nitrogens with one attached hydrogen (secondary N) is 1. The number of carbonyl (C=O) groups excluding carboxylic acids is 1. The first-order chi connectivity index (χ1) is 16.5. The number of methoxy groups -OCH3 is 4. The van der Waals surface area contributed by atoms with Gasteiger partial charge >= 0.3 is 0 Å². The van der Waals surface area contributed by atoms with Gasteiger partial charge in [0, 0.05) is 36.4 Å². The number of amides is 1. The number of aromatic nitrogens is 2. The quantitative estimate of drug-likeness (QED) is 0.455. The third kappa shape index (κ3) is 6.18.